The van der Waals surface area contributed by atoms with Crippen LogP contribution in [0.1, 0.15) is 45.6 Å². The Bertz CT molecular complexity index is 987. The molecule has 0 aliphatic heterocycles. The molecule has 0 bridgehead atoms. The molecule has 0 fully saturated rings. The lowest BCUT2D eigenvalue weighted by atomic mass is 9.98. The van der Waals surface area contributed by atoms with Crippen molar-refractivity contribution in [1.29, 1.82) is 0 Å². The van der Waals surface area contributed by atoms with Gasteiger partial charge in [0.1, 0.15) is 11.5 Å². The molecule has 2 aromatic rings. The summed E-state index contributed by atoms with van der Waals surface area (Å²) in [7, 11) is -2.20. The maximum absolute atomic E-state index is 12.8. The van der Waals surface area contributed by atoms with Crippen molar-refractivity contribution in [3.05, 3.63) is 48.0 Å². The summed E-state index contributed by atoms with van der Waals surface area (Å²) in [5.74, 6) is 0.930. The monoisotopic (exact) mass is 448 g/mol. The molecule has 0 heterocycles. The molecule has 0 aliphatic carbocycles. The molecule has 1 atom stereocenters. The molecular weight excluding hydrogens is 416 g/mol. The van der Waals surface area contributed by atoms with Crippen LogP contribution in [0.25, 0.3) is 0 Å². The zero-order chi connectivity index (χ0) is 23.0. The SMILES string of the molecule is CCC(C)c1ccccc1OCC(=O)Nc1cc(S(=O)(=O)N(CC)CC)ccc1OC. The maximum Gasteiger partial charge on any atom is 0.262 e. The lowest BCUT2D eigenvalue weighted by Crippen LogP contribution is -2.30. The van der Waals surface area contributed by atoms with Crippen LogP contribution in [-0.2, 0) is 14.8 Å². The molecule has 1 unspecified atom stereocenters. The van der Waals surface area contributed by atoms with Crippen molar-refractivity contribution in [3.63, 3.8) is 0 Å². The molecule has 8 heteroatoms. The highest BCUT2D eigenvalue weighted by Crippen LogP contribution is 2.30. The summed E-state index contributed by atoms with van der Waals surface area (Å²) in [6.45, 7) is 8.27. The number of carbonyl (C=O) groups excluding carboxylic acids is 1. The number of hydrogen-bond donors (Lipinski definition) is 1. The van der Waals surface area contributed by atoms with Gasteiger partial charge < -0.3 is 14.8 Å². The average Bonchev–Trinajstić information content (AvgIpc) is 2.77. The van der Waals surface area contributed by atoms with Crippen LogP contribution in [0, 0.1) is 0 Å². The van der Waals surface area contributed by atoms with Crippen LogP contribution in [0.3, 0.4) is 0 Å². The third-order valence-electron chi connectivity index (χ3n) is 5.21. The van der Waals surface area contributed by atoms with Gasteiger partial charge in [-0.05, 0) is 42.2 Å². The second kappa shape index (κ2) is 11.2. The number of anilines is 1. The zero-order valence-corrected chi connectivity index (χ0v) is 19.7. The summed E-state index contributed by atoms with van der Waals surface area (Å²) in [5.41, 5.74) is 1.32. The van der Waals surface area contributed by atoms with Crippen LogP contribution < -0.4 is 14.8 Å². The van der Waals surface area contributed by atoms with Crippen LogP contribution in [0.15, 0.2) is 47.4 Å². The molecule has 0 aromatic heterocycles. The average molecular weight is 449 g/mol. The number of nitrogens with zero attached hydrogens (tertiary/aromatic N) is 1. The Morgan fingerprint density at radius 1 is 1.06 bits per heavy atom. The smallest absolute Gasteiger partial charge is 0.262 e. The van der Waals surface area contributed by atoms with Crippen molar-refractivity contribution in [1.82, 2.24) is 4.31 Å². The van der Waals surface area contributed by atoms with E-state index >= 15 is 0 Å². The van der Waals surface area contributed by atoms with Gasteiger partial charge in [0, 0.05) is 13.1 Å². The van der Waals surface area contributed by atoms with Gasteiger partial charge in [-0.2, -0.15) is 4.31 Å². The fraction of sp³-hybridized carbons (Fsp3) is 0.435. The summed E-state index contributed by atoms with van der Waals surface area (Å²) in [5, 5.41) is 2.71. The highest BCUT2D eigenvalue weighted by atomic mass is 32.2. The zero-order valence-electron chi connectivity index (χ0n) is 18.8. The molecule has 0 saturated heterocycles. The number of sulfonamides is 1. The van der Waals surface area contributed by atoms with E-state index in [-0.39, 0.29) is 17.2 Å². The van der Waals surface area contributed by atoms with Crippen molar-refractivity contribution in [2.45, 2.75) is 44.9 Å². The number of ether oxygens (including phenoxy) is 2. The Morgan fingerprint density at radius 2 is 1.74 bits per heavy atom. The van der Waals surface area contributed by atoms with Crippen LogP contribution in [0.2, 0.25) is 0 Å². The van der Waals surface area contributed by atoms with Gasteiger partial charge >= 0.3 is 0 Å². The Balaban J connectivity index is 2.20. The molecular formula is C23H32N2O5S. The fourth-order valence-electron chi connectivity index (χ4n) is 3.23. The van der Waals surface area contributed by atoms with E-state index in [2.05, 4.69) is 19.2 Å². The minimum absolute atomic E-state index is 0.0929. The first-order chi connectivity index (χ1) is 14.8. The largest absolute Gasteiger partial charge is 0.495 e. The minimum atomic E-state index is -3.66. The van der Waals surface area contributed by atoms with E-state index < -0.39 is 15.9 Å². The summed E-state index contributed by atoms with van der Waals surface area (Å²) < 4.78 is 38.0. The number of hydrogen-bond acceptors (Lipinski definition) is 5. The summed E-state index contributed by atoms with van der Waals surface area (Å²) in [6.07, 6.45) is 0.956. The van der Waals surface area contributed by atoms with Crippen LogP contribution in [0.4, 0.5) is 5.69 Å². The quantitative estimate of drug-likeness (QED) is 0.555. The third-order valence-corrected chi connectivity index (χ3v) is 7.26. The van der Waals surface area contributed by atoms with Crippen molar-refractivity contribution in [2.24, 2.45) is 0 Å². The Kier molecular flexibility index (Phi) is 8.88. The van der Waals surface area contributed by atoms with E-state index in [4.69, 9.17) is 9.47 Å². The molecule has 7 nitrogen and oxygen atoms in total. The predicted octanol–water partition coefficient (Wildman–Crippen LogP) is 4.26. The molecule has 31 heavy (non-hydrogen) atoms. The minimum Gasteiger partial charge on any atom is -0.495 e. The molecule has 2 aromatic carbocycles. The first-order valence-electron chi connectivity index (χ1n) is 10.5. The Labute approximate surface area is 185 Å². The van der Waals surface area contributed by atoms with Crippen LogP contribution >= 0.6 is 0 Å². The van der Waals surface area contributed by atoms with Gasteiger partial charge in [-0.25, -0.2) is 8.42 Å². The number of benzene rings is 2. The second-order valence-corrected chi connectivity index (χ2v) is 9.07. The van der Waals surface area contributed by atoms with Gasteiger partial charge in [0.05, 0.1) is 17.7 Å². The van der Waals surface area contributed by atoms with Crippen molar-refractivity contribution >= 4 is 21.6 Å². The third kappa shape index (κ3) is 5.98. The molecule has 0 aliphatic rings. The van der Waals surface area contributed by atoms with E-state index in [1.54, 1.807) is 13.8 Å². The Hall–Kier alpha value is -2.58. The summed E-state index contributed by atoms with van der Waals surface area (Å²) in [6, 6.07) is 12.1. The van der Waals surface area contributed by atoms with Gasteiger partial charge in [0.15, 0.2) is 6.61 Å². The van der Waals surface area contributed by atoms with Gasteiger partial charge in [-0.1, -0.05) is 45.9 Å². The molecule has 2 rings (SSSR count). The van der Waals surface area contributed by atoms with Gasteiger partial charge in [0.25, 0.3) is 5.91 Å². The summed E-state index contributed by atoms with van der Waals surface area (Å²) >= 11 is 0. The molecule has 0 radical (unpaired) electrons. The Morgan fingerprint density at radius 3 is 2.35 bits per heavy atom. The second-order valence-electron chi connectivity index (χ2n) is 7.14. The van der Waals surface area contributed by atoms with Crippen molar-refractivity contribution < 1.29 is 22.7 Å². The van der Waals surface area contributed by atoms with Crippen LogP contribution in [-0.4, -0.2) is 45.4 Å². The molecule has 170 valence electrons. The number of amides is 1. The van der Waals surface area contributed by atoms with E-state index in [0.29, 0.717) is 30.5 Å². The molecule has 0 saturated carbocycles. The lowest BCUT2D eigenvalue weighted by molar-refractivity contribution is -0.118. The normalized spacial score (nSPS) is 12.5. The number of nitrogens with one attached hydrogen (secondary N) is 1. The van der Waals surface area contributed by atoms with Gasteiger partial charge in [-0.3, -0.25) is 4.79 Å². The number of carbonyl (C=O) groups is 1. The van der Waals surface area contributed by atoms with E-state index in [9.17, 15) is 13.2 Å². The molecule has 1 N–H and O–H groups in total. The van der Waals surface area contributed by atoms with Crippen LogP contribution in [0.5, 0.6) is 11.5 Å². The van der Waals surface area contributed by atoms with Gasteiger partial charge in [0.2, 0.25) is 10.0 Å². The standard InChI is InChI=1S/C23H32N2O5S/c1-6-17(4)19-11-9-10-12-21(19)30-16-23(26)24-20-15-18(13-14-22(20)29-5)31(27,28)25(7-2)8-3/h9-15,17H,6-8,16H2,1-5H3,(H,24,26). The number of para-hydroxylation sites is 1. The van der Waals surface area contributed by atoms with Gasteiger partial charge in [-0.15, -0.1) is 0 Å². The van der Waals surface area contributed by atoms with Crippen molar-refractivity contribution in [3.8, 4) is 11.5 Å². The molecule has 0 spiro atoms. The molecule has 1 amide bonds. The number of methoxy groups -OCH3 is 1. The van der Waals surface area contributed by atoms with E-state index in [0.717, 1.165) is 12.0 Å². The highest BCUT2D eigenvalue weighted by Gasteiger charge is 2.23. The first kappa shape index (κ1) is 24.7. The highest BCUT2D eigenvalue weighted by molar-refractivity contribution is 7.89. The van der Waals surface area contributed by atoms with E-state index in [1.807, 2.05) is 24.3 Å². The lowest BCUT2D eigenvalue weighted by Gasteiger charge is -2.20. The topological polar surface area (TPSA) is 84.9 Å². The number of rotatable bonds is 11. The predicted molar refractivity (Wildman–Crippen MR) is 122 cm³/mol. The van der Waals surface area contributed by atoms with Crippen molar-refractivity contribution in [2.75, 3.05) is 32.1 Å². The van der Waals surface area contributed by atoms with E-state index in [1.165, 1.54) is 29.6 Å². The fourth-order valence-corrected chi connectivity index (χ4v) is 4.71. The summed E-state index contributed by atoms with van der Waals surface area (Å²) in [4.78, 5) is 12.7. The first-order valence-corrected chi connectivity index (χ1v) is 11.9. The maximum atomic E-state index is 12.8.